The lowest BCUT2D eigenvalue weighted by Crippen LogP contribution is -2.21. The molecule has 6 nitrogen and oxygen atoms in total. The summed E-state index contributed by atoms with van der Waals surface area (Å²) in [6, 6.07) is 7.62. The molecule has 26 heavy (non-hydrogen) atoms. The molecular formula is C17H18F2N6S. The molecule has 1 saturated heterocycles. The van der Waals surface area contributed by atoms with Crippen molar-refractivity contribution in [1.29, 1.82) is 0 Å². The number of hydrogen-bond acceptors (Lipinski definition) is 6. The first-order chi connectivity index (χ1) is 12.6. The van der Waals surface area contributed by atoms with Crippen molar-refractivity contribution in [1.82, 2.24) is 24.4 Å². The van der Waals surface area contributed by atoms with Crippen LogP contribution in [0.25, 0.3) is 11.2 Å². The van der Waals surface area contributed by atoms with Gasteiger partial charge in [0.2, 0.25) is 0 Å². The zero-order chi connectivity index (χ0) is 18.1. The van der Waals surface area contributed by atoms with E-state index in [0.717, 1.165) is 37.3 Å². The second-order valence-electron chi connectivity index (χ2n) is 6.28. The summed E-state index contributed by atoms with van der Waals surface area (Å²) >= 11 is 0.571. The van der Waals surface area contributed by atoms with Crippen LogP contribution < -0.4 is 5.73 Å². The lowest BCUT2D eigenvalue weighted by Gasteiger charge is -2.17. The van der Waals surface area contributed by atoms with Crippen LogP contribution in [0, 0.1) is 0 Å². The number of thioether (sulfide) groups is 1. The SMILES string of the molecule is Nc1ncnc2c1ncn2C1CCN(Cc2ccc(SC(F)F)cc2)C1. The second kappa shape index (κ2) is 7.16. The number of aromatic nitrogens is 4. The first-order valence-corrected chi connectivity index (χ1v) is 9.17. The number of fused-ring (bicyclic) bond motifs is 1. The van der Waals surface area contributed by atoms with Crippen LogP contribution in [0.1, 0.15) is 18.0 Å². The molecule has 1 aliphatic rings. The Hall–Kier alpha value is -2.26. The number of nitrogen functional groups attached to an aromatic ring is 1. The summed E-state index contributed by atoms with van der Waals surface area (Å²) in [6.07, 6.45) is 4.23. The van der Waals surface area contributed by atoms with Gasteiger partial charge in [0.1, 0.15) is 11.8 Å². The van der Waals surface area contributed by atoms with Gasteiger partial charge in [-0.25, -0.2) is 15.0 Å². The summed E-state index contributed by atoms with van der Waals surface area (Å²) < 4.78 is 26.9. The first kappa shape index (κ1) is 17.2. The minimum atomic E-state index is -2.39. The Kier molecular flexibility index (Phi) is 4.73. The number of hydrogen-bond donors (Lipinski definition) is 1. The van der Waals surface area contributed by atoms with Gasteiger partial charge in [0.05, 0.1) is 12.4 Å². The molecule has 0 spiro atoms. The molecule has 2 aromatic heterocycles. The summed E-state index contributed by atoms with van der Waals surface area (Å²) in [5.74, 6) is -1.99. The fraction of sp³-hybridized carbons (Fsp3) is 0.353. The van der Waals surface area contributed by atoms with Crippen LogP contribution in [-0.4, -0.2) is 43.3 Å². The smallest absolute Gasteiger partial charge is 0.288 e. The number of nitrogens with zero attached hydrogens (tertiary/aromatic N) is 5. The maximum Gasteiger partial charge on any atom is 0.288 e. The van der Waals surface area contributed by atoms with Gasteiger partial charge in [-0.1, -0.05) is 23.9 Å². The number of halogens is 2. The van der Waals surface area contributed by atoms with Gasteiger partial charge in [-0.15, -0.1) is 0 Å². The molecule has 0 radical (unpaired) electrons. The maximum atomic E-state index is 12.4. The van der Waals surface area contributed by atoms with Crippen molar-refractivity contribution in [3.05, 3.63) is 42.5 Å². The number of alkyl halides is 2. The molecule has 1 atom stereocenters. The first-order valence-electron chi connectivity index (χ1n) is 8.29. The fourth-order valence-corrected chi connectivity index (χ4v) is 3.85. The predicted molar refractivity (Wildman–Crippen MR) is 97.0 cm³/mol. The summed E-state index contributed by atoms with van der Waals surface area (Å²) in [6.45, 7) is 2.63. The van der Waals surface area contributed by atoms with E-state index in [4.69, 9.17) is 5.73 Å². The summed E-state index contributed by atoms with van der Waals surface area (Å²) in [7, 11) is 0. The topological polar surface area (TPSA) is 72.9 Å². The Labute approximate surface area is 153 Å². The van der Waals surface area contributed by atoms with Crippen molar-refractivity contribution in [2.75, 3.05) is 18.8 Å². The van der Waals surface area contributed by atoms with Crippen LogP contribution in [0.4, 0.5) is 14.6 Å². The number of rotatable bonds is 5. The Balaban J connectivity index is 1.43. The minimum absolute atomic E-state index is 0.281. The van der Waals surface area contributed by atoms with Crippen molar-refractivity contribution in [2.24, 2.45) is 0 Å². The van der Waals surface area contributed by atoms with Crippen molar-refractivity contribution in [3.63, 3.8) is 0 Å². The van der Waals surface area contributed by atoms with E-state index in [1.54, 1.807) is 18.5 Å². The van der Waals surface area contributed by atoms with E-state index in [2.05, 4.69) is 24.4 Å². The zero-order valence-electron chi connectivity index (χ0n) is 13.9. The summed E-state index contributed by atoms with van der Waals surface area (Å²) in [5.41, 5.74) is 8.37. The molecule has 3 heterocycles. The quantitative estimate of drug-likeness (QED) is 0.690. The molecule has 2 N–H and O–H groups in total. The standard InChI is InChI=1S/C17H18F2N6S/c18-17(19)26-13-3-1-11(2-4-13)7-24-6-5-12(8-24)25-10-23-14-15(20)21-9-22-16(14)25/h1-4,9-10,12,17H,5-8H2,(H2,20,21,22). The molecule has 1 fully saturated rings. The van der Waals surface area contributed by atoms with E-state index in [0.29, 0.717) is 28.0 Å². The Morgan fingerprint density at radius 1 is 1.19 bits per heavy atom. The molecule has 1 unspecified atom stereocenters. The van der Waals surface area contributed by atoms with Crippen molar-refractivity contribution in [3.8, 4) is 0 Å². The van der Waals surface area contributed by atoms with E-state index in [9.17, 15) is 8.78 Å². The van der Waals surface area contributed by atoms with E-state index in [-0.39, 0.29) is 6.04 Å². The van der Waals surface area contributed by atoms with Gasteiger partial charge in [-0.2, -0.15) is 8.78 Å². The molecule has 1 aromatic carbocycles. The van der Waals surface area contributed by atoms with E-state index < -0.39 is 5.76 Å². The Morgan fingerprint density at radius 3 is 2.77 bits per heavy atom. The van der Waals surface area contributed by atoms with Crippen molar-refractivity contribution < 1.29 is 8.78 Å². The van der Waals surface area contributed by atoms with Gasteiger partial charge in [0, 0.05) is 24.5 Å². The largest absolute Gasteiger partial charge is 0.382 e. The Bertz CT molecular complexity index is 898. The minimum Gasteiger partial charge on any atom is -0.382 e. The predicted octanol–water partition coefficient (Wildman–Crippen LogP) is 3.17. The number of imidazole rings is 1. The van der Waals surface area contributed by atoms with Crippen molar-refractivity contribution >= 4 is 28.7 Å². The third kappa shape index (κ3) is 3.49. The van der Waals surface area contributed by atoms with Crippen LogP contribution in [0.2, 0.25) is 0 Å². The zero-order valence-corrected chi connectivity index (χ0v) is 14.7. The molecule has 9 heteroatoms. The number of likely N-dealkylation sites (tertiary alicyclic amines) is 1. The average Bonchev–Trinajstić information content (AvgIpc) is 3.23. The van der Waals surface area contributed by atoms with Gasteiger partial charge in [0.25, 0.3) is 5.76 Å². The van der Waals surface area contributed by atoms with Crippen LogP contribution >= 0.6 is 11.8 Å². The summed E-state index contributed by atoms with van der Waals surface area (Å²) in [5, 5.41) is 0. The van der Waals surface area contributed by atoms with Crippen LogP contribution in [0.15, 0.2) is 41.8 Å². The van der Waals surface area contributed by atoms with Gasteiger partial charge in [-0.05, 0) is 24.1 Å². The highest BCUT2D eigenvalue weighted by Crippen LogP contribution is 2.28. The third-order valence-electron chi connectivity index (χ3n) is 4.58. The van der Waals surface area contributed by atoms with Gasteiger partial charge in [-0.3, -0.25) is 4.90 Å². The lowest BCUT2D eigenvalue weighted by atomic mass is 10.2. The van der Waals surface area contributed by atoms with Crippen LogP contribution in [0.5, 0.6) is 0 Å². The molecule has 3 aromatic rings. The van der Waals surface area contributed by atoms with Crippen molar-refractivity contribution in [2.45, 2.75) is 29.7 Å². The third-order valence-corrected chi connectivity index (χ3v) is 5.31. The number of benzene rings is 1. The summed E-state index contributed by atoms with van der Waals surface area (Å²) in [4.78, 5) is 15.6. The van der Waals surface area contributed by atoms with Crippen LogP contribution in [-0.2, 0) is 6.54 Å². The molecule has 0 aliphatic carbocycles. The van der Waals surface area contributed by atoms with E-state index in [1.807, 2.05) is 12.1 Å². The molecule has 4 rings (SSSR count). The maximum absolute atomic E-state index is 12.4. The molecule has 0 bridgehead atoms. The van der Waals surface area contributed by atoms with E-state index in [1.165, 1.54) is 6.33 Å². The molecule has 1 aliphatic heterocycles. The lowest BCUT2D eigenvalue weighted by molar-refractivity contribution is 0.252. The molecule has 0 saturated carbocycles. The highest BCUT2D eigenvalue weighted by atomic mass is 32.2. The highest BCUT2D eigenvalue weighted by Gasteiger charge is 2.25. The fourth-order valence-electron chi connectivity index (χ4n) is 3.35. The second-order valence-corrected chi connectivity index (χ2v) is 7.35. The van der Waals surface area contributed by atoms with Gasteiger partial charge < -0.3 is 10.3 Å². The molecule has 0 amide bonds. The number of nitrogens with two attached hydrogens (primary N) is 1. The Morgan fingerprint density at radius 2 is 2.00 bits per heavy atom. The normalized spacial score (nSPS) is 18.2. The van der Waals surface area contributed by atoms with Gasteiger partial charge >= 0.3 is 0 Å². The number of anilines is 1. The molecule has 136 valence electrons. The van der Waals surface area contributed by atoms with E-state index >= 15 is 0 Å². The molecular weight excluding hydrogens is 358 g/mol. The van der Waals surface area contributed by atoms with Crippen LogP contribution in [0.3, 0.4) is 0 Å². The van der Waals surface area contributed by atoms with Gasteiger partial charge in [0.15, 0.2) is 11.5 Å². The monoisotopic (exact) mass is 376 g/mol. The average molecular weight is 376 g/mol. The highest BCUT2D eigenvalue weighted by molar-refractivity contribution is 7.99.